The maximum absolute atomic E-state index is 12.0. The van der Waals surface area contributed by atoms with Gasteiger partial charge in [0, 0.05) is 12.2 Å². The summed E-state index contributed by atoms with van der Waals surface area (Å²) >= 11 is 0. The number of rotatable bonds is 4. The van der Waals surface area contributed by atoms with Gasteiger partial charge in [0.05, 0.1) is 5.41 Å². The Bertz CT molecular complexity index is 404. The summed E-state index contributed by atoms with van der Waals surface area (Å²) in [5.74, 6) is 0.0946. The van der Waals surface area contributed by atoms with Crippen molar-refractivity contribution in [1.82, 2.24) is 5.32 Å². The molecular formula is C13H16N2O. The Labute approximate surface area is 95.3 Å². The smallest absolute Gasteiger partial charge is 0.230 e. The number of nitrogen functional groups attached to an aromatic ring is 1. The van der Waals surface area contributed by atoms with E-state index in [2.05, 4.69) is 11.9 Å². The number of carbonyl (C=O) groups is 1. The number of hydrogen-bond acceptors (Lipinski definition) is 2. The van der Waals surface area contributed by atoms with Gasteiger partial charge in [0.1, 0.15) is 0 Å². The van der Waals surface area contributed by atoms with Gasteiger partial charge in [-0.25, -0.2) is 0 Å². The molecule has 1 aromatic rings. The Morgan fingerprint density at radius 3 is 2.56 bits per heavy atom. The summed E-state index contributed by atoms with van der Waals surface area (Å²) < 4.78 is 0. The van der Waals surface area contributed by atoms with E-state index in [-0.39, 0.29) is 11.3 Å². The summed E-state index contributed by atoms with van der Waals surface area (Å²) in [6, 6.07) is 7.57. The Morgan fingerprint density at radius 2 is 2.06 bits per heavy atom. The van der Waals surface area contributed by atoms with Gasteiger partial charge in [0.15, 0.2) is 0 Å². The van der Waals surface area contributed by atoms with Crippen molar-refractivity contribution in [3.8, 4) is 0 Å². The highest BCUT2D eigenvalue weighted by Gasteiger charge is 2.50. The lowest BCUT2D eigenvalue weighted by Gasteiger charge is -2.15. The van der Waals surface area contributed by atoms with Crippen LogP contribution in [-0.4, -0.2) is 12.5 Å². The van der Waals surface area contributed by atoms with E-state index in [1.165, 1.54) is 0 Å². The molecule has 1 aliphatic carbocycles. The number of nitrogens with two attached hydrogens (primary N) is 1. The van der Waals surface area contributed by atoms with E-state index < -0.39 is 0 Å². The molecule has 0 radical (unpaired) electrons. The summed E-state index contributed by atoms with van der Waals surface area (Å²) in [7, 11) is 0. The molecule has 0 bridgehead atoms. The lowest BCUT2D eigenvalue weighted by atomic mass is 9.95. The van der Waals surface area contributed by atoms with Crippen molar-refractivity contribution in [2.45, 2.75) is 18.3 Å². The van der Waals surface area contributed by atoms with Crippen molar-refractivity contribution in [2.75, 3.05) is 12.3 Å². The predicted octanol–water partition coefficient (Wildman–Crippen LogP) is 1.60. The van der Waals surface area contributed by atoms with Gasteiger partial charge >= 0.3 is 0 Å². The molecule has 1 fully saturated rings. The van der Waals surface area contributed by atoms with Gasteiger partial charge < -0.3 is 11.1 Å². The standard InChI is InChI=1S/C13H16N2O/c1-2-9-15-12(16)13(7-8-13)10-3-5-11(14)6-4-10/h2-6H,1,7-9,14H2,(H,15,16). The Morgan fingerprint density at radius 1 is 1.44 bits per heavy atom. The van der Waals surface area contributed by atoms with Crippen LogP contribution in [0.5, 0.6) is 0 Å². The van der Waals surface area contributed by atoms with Crippen LogP contribution in [0.4, 0.5) is 5.69 Å². The highest BCUT2D eigenvalue weighted by Crippen LogP contribution is 2.48. The zero-order valence-corrected chi connectivity index (χ0v) is 9.20. The van der Waals surface area contributed by atoms with E-state index in [1.807, 2.05) is 24.3 Å². The second kappa shape index (κ2) is 4.00. The Kier molecular flexibility index (Phi) is 2.69. The first-order valence-corrected chi connectivity index (χ1v) is 5.44. The van der Waals surface area contributed by atoms with Crippen LogP contribution in [0.25, 0.3) is 0 Å². The number of amides is 1. The molecule has 0 unspecified atom stereocenters. The van der Waals surface area contributed by atoms with Crippen molar-refractivity contribution in [2.24, 2.45) is 0 Å². The van der Waals surface area contributed by atoms with E-state index >= 15 is 0 Å². The van der Waals surface area contributed by atoms with Gasteiger partial charge in [-0.1, -0.05) is 18.2 Å². The molecule has 3 nitrogen and oxygen atoms in total. The van der Waals surface area contributed by atoms with Crippen LogP contribution in [0.1, 0.15) is 18.4 Å². The fourth-order valence-electron chi connectivity index (χ4n) is 1.91. The first-order valence-electron chi connectivity index (χ1n) is 5.44. The highest BCUT2D eigenvalue weighted by molar-refractivity contribution is 5.91. The third-order valence-electron chi connectivity index (χ3n) is 3.05. The first kappa shape index (κ1) is 10.7. The number of benzene rings is 1. The number of anilines is 1. The molecule has 3 N–H and O–H groups in total. The third-order valence-corrected chi connectivity index (χ3v) is 3.05. The van der Waals surface area contributed by atoms with E-state index in [1.54, 1.807) is 6.08 Å². The zero-order chi connectivity index (χ0) is 11.6. The maximum Gasteiger partial charge on any atom is 0.230 e. The summed E-state index contributed by atoms with van der Waals surface area (Å²) in [4.78, 5) is 12.0. The molecule has 0 atom stereocenters. The van der Waals surface area contributed by atoms with E-state index in [0.717, 1.165) is 24.1 Å². The molecule has 0 spiro atoms. The molecule has 1 aliphatic rings. The van der Waals surface area contributed by atoms with Crippen molar-refractivity contribution < 1.29 is 4.79 Å². The average molecular weight is 216 g/mol. The Hall–Kier alpha value is -1.77. The third kappa shape index (κ3) is 1.81. The first-order chi connectivity index (χ1) is 7.69. The van der Waals surface area contributed by atoms with Gasteiger partial charge in [-0.2, -0.15) is 0 Å². The quantitative estimate of drug-likeness (QED) is 0.593. The van der Waals surface area contributed by atoms with Crippen LogP contribution in [0.3, 0.4) is 0 Å². The lowest BCUT2D eigenvalue weighted by Crippen LogP contribution is -2.34. The molecule has 0 heterocycles. The molecule has 0 saturated heterocycles. The maximum atomic E-state index is 12.0. The molecule has 2 rings (SSSR count). The lowest BCUT2D eigenvalue weighted by molar-refractivity contribution is -0.123. The van der Waals surface area contributed by atoms with Gasteiger partial charge in [-0.3, -0.25) is 4.79 Å². The molecule has 3 heteroatoms. The molecule has 1 saturated carbocycles. The van der Waals surface area contributed by atoms with Gasteiger partial charge in [0.25, 0.3) is 0 Å². The summed E-state index contributed by atoms with van der Waals surface area (Å²) in [5.41, 5.74) is 7.11. The van der Waals surface area contributed by atoms with Gasteiger partial charge in [-0.05, 0) is 30.5 Å². The van der Waals surface area contributed by atoms with Crippen LogP contribution in [0, 0.1) is 0 Å². The van der Waals surface area contributed by atoms with Crippen molar-refractivity contribution in [3.05, 3.63) is 42.5 Å². The number of hydrogen-bond donors (Lipinski definition) is 2. The van der Waals surface area contributed by atoms with Crippen LogP contribution < -0.4 is 11.1 Å². The molecule has 16 heavy (non-hydrogen) atoms. The number of nitrogens with one attached hydrogen (secondary N) is 1. The average Bonchev–Trinajstić information content (AvgIpc) is 3.08. The molecule has 0 aliphatic heterocycles. The monoisotopic (exact) mass is 216 g/mol. The fourth-order valence-corrected chi connectivity index (χ4v) is 1.91. The van der Waals surface area contributed by atoms with Crippen LogP contribution >= 0.6 is 0 Å². The predicted molar refractivity (Wildman–Crippen MR) is 65.0 cm³/mol. The summed E-state index contributed by atoms with van der Waals surface area (Å²) in [5, 5.41) is 2.86. The molecule has 84 valence electrons. The second-order valence-corrected chi connectivity index (χ2v) is 4.20. The van der Waals surface area contributed by atoms with Crippen molar-refractivity contribution in [3.63, 3.8) is 0 Å². The second-order valence-electron chi connectivity index (χ2n) is 4.20. The minimum Gasteiger partial charge on any atom is -0.399 e. The highest BCUT2D eigenvalue weighted by atomic mass is 16.2. The minimum atomic E-state index is -0.309. The molecule has 0 aromatic heterocycles. The SMILES string of the molecule is C=CCNC(=O)C1(c2ccc(N)cc2)CC1. The molecular weight excluding hydrogens is 200 g/mol. The largest absolute Gasteiger partial charge is 0.399 e. The fraction of sp³-hybridized carbons (Fsp3) is 0.308. The Balaban J connectivity index is 2.16. The van der Waals surface area contributed by atoms with Crippen molar-refractivity contribution >= 4 is 11.6 Å². The minimum absolute atomic E-state index is 0.0946. The van der Waals surface area contributed by atoms with E-state index in [9.17, 15) is 4.79 Å². The zero-order valence-electron chi connectivity index (χ0n) is 9.20. The molecule has 1 aromatic carbocycles. The normalized spacial score (nSPS) is 16.5. The van der Waals surface area contributed by atoms with Crippen molar-refractivity contribution in [1.29, 1.82) is 0 Å². The van der Waals surface area contributed by atoms with Crippen LogP contribution in [0.2, 0.25) is 0 Å². The number of carbonyl (C=O) groups excluding carboxylic acids is 1. The molecule has 1 amide bonds. The van der Waals surface area contributed by atoms with Crippen LogP contribution in [0.15, 0.2) is 36.9 Å². The topological polar surface area (TPSA) is 55.1 Å². The van der Waals surface area contributed by atoms with E-state index in [4.69, 9.17) is 5.73 Å². The van der Waals surface area contributed by atoms with Gasteiger partial charge in [-0.15, -0.1) is 6.58 Å². The van der Waals surface area contributed by atoms with E-state index in [0.29, 0.717) is 6.54 Å². The van der Waals surface area contributed by atoms with Gasteiger partial charge in [0.2, 0.25) is 5.91 Å². The summed E-state index contributed by atoms with van der Waals surface area (Å²) in [6.45, 7) is 4.11. The van der Waals surface area contributed by atoms with Crippen LogP contribution in [-0.2, 0) is 10.2 Å². The summed E-state index contributed by atoms with van der Waals surface area (Å²) in [6.07, 6.45) is 3.52.